The van der Waals surface area contributed by atoms with Gasteiger partial charge in [0.2, 0.25) is 0 Å². The lowest BCUT2D eigenvalue weighted by Gasteiger charge is -2.08. The van der Waals surface area contributed by atoms with Crippen molar-refractivity contribution in [2.24, 2.45) is 12.8 Å². The van der Waals surface area contributed by atoms with Gasteiger partial charge in [0.25, 0.3) is 5.91 Å². The number of primary amides is 1. The number of halogens is 3. The van der Waals surface area contributed by atoms with Crippen molar-refractivity contribution < 1.29 is 18.0 Å². The number of aryl methyl sites for hydroxylation is 1. The largest absolute Gasteiger partial charge is 0.433 e. The number of alkyl halides is 3. The number of pyridine rings is 2. The summed E-state index contributed by atoms with van der Waals surface area (Å²) in [6.45, 7) is 0. The molecule has 4 aromatic rings. The van der Waals surface area contributed by atoms with E-state index in [2.05, 4.69) is 15.1 Å². The monoisotopic (exact) mass is 386 g/mol. The van der Waals surface area contributed by atoms with E-state index in [1.807, 2.05) is 0 Å². The molecule has 4 aromatic heterocycles. The van der Waals surface area contributed by atoms with E-state index in [9.17, 15) is 18.0 Å². The molecule has 2 N–H and O–H groups in total. The molecule has 142 valence electrons. The van der Waals surface area contributed by atoms with Crippen molar-refractivity contribution in [3.63, 3.8) is 0 Å². The van der Waals surface area contributed by atoms with Crippen LogP contribution in [0.25, 0.3) is 28.2 Å². The summed E-state index contributed by atoms with van der Waals surface area (Å²) < 4.78 is 42.1. The van der Waals surface area contributed by atoms with Gasteiger partial charge in [0.05, 0.1) is 11.9 Å². The Morgan fingerprint density at radius 3 is 2.64 bits per heavy atom. The fourth-order valence-electron chi connectivity index (χ4n) is 2.94. The summed E-state index contributed by atoms with van der Waals surface area (Å²) in [5.41, 5.74) is 6.62. The van der Waals surface area contributed by atoms with E-state index in [0.29, 0.717) is 16.8 Å². The Hall–Kier alpha value is -3.69. The van der Waals surface area contributed by atoms with Gasteiger partial charge in [0, 0.05) is 30.6 Å². The molecule has 0 radical (unpaired) electrons. The average molecular weight is 386 g/mol. The van der Waals surface area contributed by atoms with Crippen LogP contribution in [0.5, 0.6) is 0 Å². The van der Waals surface area contributed by atoms with Gasteiger partial charge >= 0.3 is 6.18 Å². The summed E-state index contributed by atoms with van der Waals surface area (Å²) in [5.74, 6) is -0.643. The molecule has 0 fully saturated rings. The molecule has 0 aliphatic carbocycles. The van der Waals surface area contributed by atoms with Crippen LogP contribution in [0.3, 0.4) is 0 Å². The fraction of sp³-hybridized carbons (Fsp3) is 0.111. The molecule has 0 saturated heterocycles. The van der Waals surface area contributed by atoms with Gasteiger partial charge in [-0.05, 0) is 24.3 Å². The molecule has 0 saturated carbocycles. The summed E-state index contributed by atoms with van der Waals surface area (Å²) in [7, 11) is 1.66. The lowest BCUT2D eigenvalue weighted by atomic mass is 10.1. The minimum Gasteiger partial charge on any atom is -0.364 e. The number of nitrogens with two attached hydrogens (primary N) is 1. The van der Waals surface area contributed by atoms with E-state index in [1.165, 1.54) is 27.4 Å². The first-order chi connectivity index (χ1) is 13.2. The molecule has 0 aliphatic heterocycles. The predicted octanol–water partition coefficient (Wildman–Crippen LogP) is 2.91. The summed E-state index contributed by atoms with van der Waals surface area (Å²) in [6, 6.07) is 7.07. The summed E-state index contributed by atoms with van der Waals surface area (Å²) in [4.78, 5) is 19.4. The quantitative estimate of drug-likeness (QED) is 0.586. The van der Waals surface area contributed by atoms with Crippen molar-refractivity contribution in [3.05, 3.63) is 60.3 Å². The maximum atomic E-state index is 13.0. The number of aromatic nitrogens is 5. The molecular formula is C18H13F3N6O. The van der Waals surface area contributed by atoms with E-state index in [-0.39, 0.29) is 17.1 Å². The molecule has 1 amide bonds. The highest BCUT2D eigenvalue weighted by Crippen LogP contribution is 2.33. The molecule has 28 heavy (non-hydrogen) atoms. The number of nitrogens with zero attached hydrogens (tertiary/aromatic N) is 5. The molecule has 10 heteroatoms. The van der Waals surface area contributed by atoms with Gasteiger partial charge in [-0.25, -0.2) is 9.97 Å². The van der Waals surface area contributed by atoms with Crippen molar-refractivity contribution in [3.8, 4) is 22.5 Å². The second-order valence-corrected chi connectivity index (χ2v) is 6.12. The Morgan fingerprint density at radius 1 is 1.14 bits per heavy atom. The zero-order valence-corrected chi connectivity index (χ0v) is 14.5. The van der Waals surface area contributed by atoms with Crippen LogP contribution in [0.4, 0.5) is 13.2 Å². The number of hydrogen-bond donors (Lipinski definition) is 1. The maximum Gasteiger partial charge on any atom is 0.433 e. The smallest absolute Gasteiger partial charge is 0.364 e. The normalized spacial score (nSPS) is 11.9. The summed E-state index contributed by atoms with van der Waals surface area (Å²) in [6.07, 6.45) is 0.104. The Morgan fingerprint density at radius 2 is 1.93 bits per heavy atom. The second-order valence-electron chi connectivity index (χ2n) is 6.12. The highest BCUT2D eigenvalue weighted by Gasteiger charge is 2.33. The van der Waals surface area contributed by atoms with E-state index >= 15 is 0 Å². The SMILES string of the molecule is Cn1cc(-c2ccc3ncc(C(N)=O)n3c2)c(-c2cccc(C(F)(F)F)n2)n1. The first-order valence-electron chi connectivity index (χ1n) is 8.09. The number of imidazole rings is 1. The zero-order chi connectivity index (χ0) is 20.1. The minimum absolute atomic E-state index is 0.0891. The Kier molecular flexibility index (Phi) is 3.91. The predicted molar refractivity (Wildman–Crippen MR) is 94.1 cm³/mol. The van der Waals surface area contributed by atoms with Gasteiger partial charge in [0.1, 0.15) is 22.7 Å². The van der Waals surface area contributed by atoms with Crippen LogP contribution in [-0.4, -0.2) is 30.1 Å². The third-order valence-corrected chi connectivity index (χ3v) is 4.18. The highest BCUT2D eigenvalue weighted by atomic mass is 19.4. The maximum absolute atomic E-state index is 13.0. The number of carbonyl (C=O) groups is 1. The van der Waals surface area contributed by atoms with Crippen LogP contribution < -0.4 is 5.73 Å². The number of fused-ring (bicyclic) bond motifs is 1. The minimum atomic E-state index is -4.56. The van der Waals surface area contributed by atoms with Crippen LogP contribution in [0.15, 0.2) is 48.9 Å². The Bertz CT molecular complexity index is 1210. The molecule has 0 unspecified atom stereocenters. The number of hydrogen-bond acceptors (Lipinski definition) is 4. The van der Waals surface area contributed by atoms with Gasteiger partial charge in [-0.3, -0.25) is 13.9 Å². The van der Waals surface area contributed by atoms with E-state index in [0.717, 1.165) is 6.07 Å². The molecule has 7 nitrogen and oxygen atoms in total. The molecule has 0 spiro atoms. The molecule has 0 atom stereocenters. The lowest BCUT2D eigenvalue weighted by Crippen LogP contribution is -2.13. The van der Waals surface area contributed by atoms with Crippen LogP contribution in [0.2, 0.25) is 0 Å². The molecule has 0 aliphatic rings. The van der Waals surface area contributed by atoms with Crippen LogP contribution in [-0.2, 0) is 13.2 Å². The van der Waals surface area contributed by atoms with Crippen LogP contribution in [0, 0.1) is 0 Å². The third kappa shape index (κ3) is 2.98. The molecule has 4 heterocycles. The summed E-state index contributed by atoms with van der Waals surface area (Å²) in [5, 5.41) is 4.28. The number of rotatable bonds is 3. The van der Waals surface area contributed by atoms with E-state index in [4.69, 9.17) is 5.73 Å². The molecular weight excluding hydrogens is 373 g/mol. The van der Waals surface area contributed by atoms with Gasteiger partial charge in [-0.1, -0.05) is 6.07 Å². The molecule has 0 aromatic carbocycles. The van der Waals surface area contributed by atoms with Crippen molar-refractivity contribution in [1.82, 2.24) is 24.1 Å². The average Bonchev–Trinajstić information content (AvgIpc) is 3.24. The van der Waals surface area contributed by atoms with Gasteiger partial charge in [0.15, 0.2) is 0 Å². The fourth-order valence-corrected chi connectivity index (χ4v) is 2.94. The highest BCUT2D eigenvalue weighted by molar-refractivity contribution is 5.92. The summed E-state index contributed by atoms with van der Waals surface area (Å²) >= 11 is 0. The topological polar surface area (TPSA) is 91.1 Å². The number of amides is 1. The third-order valence-electron chi connectivity index (χ3n) is 4.18. The van der Waals surface area contributed by atoms with Gasteiger partial charge < -0.3 is 5.73 Å². The molecule has 4 rings (SSSR count). The van der Waals surface area contributed by atoms with Crippen LogP contribution >= 0.6 is 0 Å². The van der Waals surface area contributed by atoms with Crippen molar-refractivity contribution in [1.29, 1.82) is 0 Å². The Labute approximate surface area is 156 Å². The van der Waals surface area contributed by atoms with E-state index in [1.54, 1.807) is 31.6 Å². The first kappa shape index (κ1) is 17.7. The van der Waals surface area contributed by atoms with E-state index < -0.39 is 17.8 Å². The standard InChI is InChI=1S/C18H13F3N6O/c1-26-9-11(10-5-6-15-23-7-13(17(22)28)27(15)8-10)16(25-26)12-3-2-4-14(24-12)18(19,20)21/h2-9H,1H3,(H2,22,28). The zero-order valence-electron chi connectivity index (χ0n) is 14.5. The second kappa shape index (κ2) is 6.19. The molecule has 0 bridgehead atoms. The Balaban J connectivity index is 1.88. The first-order valence-corrected chi connectivity index (χ1v) is 8.09. The van der Waals surface area contributed by atoms with Gasteiger partial charge in [-0.15, -0.1) is 0 Å². The van der Waals surface area contributed by atoms with Crippen molar-refractivity contribution in [2.75, 3.05) is 0 Å². The van der Waals surface area contributed by atoms with Crippen LogP contribution in [0.1, 0.15) is 16.2 Å². The number of carbonyl (C=O) groups excluding carboxylic acids is 1. The van der Waals surface area contributed by atoms with Crippen molar-refractivity contribution >= 4 is 11.6 Å². The van der Waals surface area contributed by atoms with Gasteiger partial charge in [-0.2, -0.15) is 18.3 Å². The van der Waals surface area contributed by atoms with Crippen molar-refractivity contribution in [2.45, 2.75) is 6.18 Å². The lowest BCUT2D eigenvalue weighted by molar-refractivity contribution is -0.141.